The van der Waals surface area contributed by atoms with Crippen molar-refractivity contribution >= 4 is 17.9 Å². The molecule has 1 aromatic carbocycles. The molecule has 2 aromatic heterocycles. The number of esters is 1. The van der Waals surface area contributed by atoms with E-state index >= 15 is 0 Å². The van der Waals surface area contributed by atoms with Crippen LogP contribution in [0.25, 0.3) is 11.1 Å². The predicted octanol–water partition coefficient (Wildman–Crippen LogP) is 5.23. The second-order valence-electron chi connectivity index (χ2n) is 9.51. The number of aryl methyl sites for hydroxylation is 1. The SMILES string of the molecule is CCc1onc(CN(C)C(=O)OC2(C)C=CC2)c1-c1cnc(N)c(O[C@H](C)c2cc(F)ccc2C(=O)OC)c1. The smallest absolute Gasteiger partial charge is 0.410 e. The first kappa shape index (κ1) is 27.6. The molecule has 2 N–H and O–H groups in total. The quantitative estimate of drug-likeness (QED) is 0.287. The number of aromatic nitrogens is 2. The van der Waals surface area contributed by atoms with Crippen molar-refractivity contribution in [3.63, 3.8) is 0 Å². The average molecular weight is 539 g/mol. The highest BCUT2D eigenvalue weighted by atomic mass is 19.1. The number of carbonyl (C=O) groups excluding carboxylic acids is 2. The number of amides is 1. The lowest BCUT2D eigenvalue weighted by atomic mass is 9.92. The van der Waals surface area contributed by atoms with Crippen molar-refractivity contribution in [1.82, 2.24) is 15.0 Å². The van der Waals surface area contributed by atoms with Crippen molar-refractivity contribution in [2.45, 2.75) is 51.9 Å². The maximum Gasteiger partial charge on any atom is 0.410 e. The summed E-state index contributed by atoms with van der Waals surface area (Å²) in [5.74, 6) is -0.247. The van der Waals surface area contributed by atoms with Gasteiger partial charge in [0, 0.05) is 37.2 Å². The van der Waals surface area contributed by atoms with Crippen LogP contribution in [0.4, 0.5) is 15.0 Å². The van der Waals surface area contributed by atoms with Gasteiger partial charge in [-0.05, 0) is 44.2 Å². The van der Waals surface area contributed by atoms with Gasteiger partial charge in [0.15, 0.2) is 11.6 Å². The van der Waals surface area contributed by atoms with Crippen LogP contribution in [-0.2, 0) is 22.4 Å². The monoisotopic (exact) mass is 538 g/mol. The second-order valence-corrected chi connectivity index (χ2v) is 9.51. The molecule has 0 bridgehead atoms. The Morgan fingerprint density at radius 3 is 2.69 bits per heavy atom. The Morgan fingerprint density at radius 2 is 2.05 bits per heavy atom. The molecule has 206 valence electrons. The van der Waals surface area contributed by atoms with Crippen molar-refractivity contribution in [3.8, 4) is 16.9 Å². The number of pyridine rings is 1. The van der Waals surface area contributed by atoms with Crippen LogP contribution in [0.1, 0.15) is 60.7 Å². The van der Waals surface area contributed by atoms with Crippen LogP contribution in [0.5, 0.6) is 5.75 Å². The van der Waals surface area contributed by atoms with Gasteiger partial charge < -0.3 is 29.4 Å². The molecule has 1 amide bonds. The molecule has 1 aliphatic carbocycles. The number of nitrogen functional groups attached to an aromatic ring is 1. The van der Waals surface area contributed by atoms with Crippen molar-refractivity contribution in [3.05, 3.63) is 71.0 Å². The molecule has 0 fully saturated rings. The minimum absolute atomic E-state index is 0.0974. The second kappa shape index (κ2) is 11.1. The largest absolute Gasteiger partial charge is 0.482 e. The standard InChI is InChI=1S/C28H31FN4O6/c1-6-22-24(21(32-39-22)15-33(4)27(35)38-28(3)10-7-11-28)17-12-23(25(30)31-14-17)37-16(2)20-13-18(29)8-9-19(20)26(34)36-5/h7-10,12-14,16H,6,11,15H2,1-5H3,(H2,30,31)/t16-,28?/m1/s1. The zero-order valence-corrected chi connectivity index (χ0v) is 22.5. The Balaban J connectivity index is 1.61. The van der Waals surface area contributed by atoms with E-state index in [0.29, 0.717) is 41.0 Å². The van der Waals surface area contributed by atoms with Crippen LogP contribution in [0.2, 0.25) is 0 Å². The molecule has 0 saturated carbocycles. The van der Waals surface area contributed by atoms with E-state index in [2.05, 4.69) is 10.1 Å². The van der Waals surface area contributed by atoms with Crippen molar-refractivity contribution in [2.24, 2.45) is 0 Å². The number of rotatable bonds is 9. The van der Waals surface area contributed by atoms with Gasteiger partial charge in [-0.3, -0.25) is 0 Å². The average Bonchev–Trinajstić information content (AvgIpc) is 3.30. The normalized spacial score (nSPS) is 16.8. The molecule has 1 unspecified atom stereocenters. The Kier molecular flexibility index (Phi) is 7.89. The first-order valence-corrected chi connectivity index (χ1v) is 12.4. The Morgan fingerprint density at radius 1 is 1.31 bits per heavy atom. The maximum absolute atomic E-state index is 14.0. The topological polar surface area (TPSA) is 130 Å². The van der Waals surface area contributed by atoms with Crippen molar-refractivity contribution in [2.75, 3.05) is 19.9 Å². The molecular weight excluding hydrogens is 507 g/mol. The summed E-state index contributed by atoms with van der Waals surface area (Å²) in [6.07, 6.45) is 5.27. The predicted molar refractivity (Wildman–Crippen MR) is 140 cm³/mol. The summed E-state index contributed by atoms with van der Waals surface area (Å²) in [6, 6.07) is 5.40. The molecule has 11 heteroatoms. The van der Waals surface area contributed by atoms with E-state index in [1.54, 1.807) is 26.2 Å². The number of anilines is 1. The van der Waals surface area contributed by atoms with Crippen LogP contribution in [-0.4, -0.2) is 46.9 Å². The lowest BCUT2D eigenvalue weighted by Gasteiger charge is -2.32. The Hall–Kier alpha value is -4.41. The molecule has 0 radical (unpaired) electrons. The molecule has 0 spiro atoms. The van der Waals surface area contributed by atoms with Gasteiger partial charge in [-0.2, -0.15) is 0 Å². The van der Waals surface area contributed by atoms with E-state index in [4.69, 9.17) is 24.5 Å². The highest BCUT2D eigenvalue weighted by Gasteiger charge is 2.32. The number of hydrogen-bond acceptors (Lipinski definition) is 9. The highest BCUT2D eigenvalue weighted by Crippen LogP contribution is 2.35. The zero-order chi connectivity index (χ0) is 28.3. The number of benzene rings is 1. The van der Waals surface area contributed by atoms with Gasteiger partial charge in [-0.15, -0.1) is 0 Å². The van der Waals surface area contributed by atoms with Gasteiger partial charge in [-0.1, -0.05) is 18.2 Å². The van der Waals surface area contributed by atoms with Crippen LogP contribution in [0.3, 0.4) is 0 Å². The molecule has 3 aromatic rings. The van der Waals surface area contributed by atoms with Crippen LogP contribution >= 0.6 is 0 Å². The molecule has 1 aliphatic rings. The van der Waals surface area contributed by atoms with E-state index in [1.165, 1.54) is 30.2 Å². The number of halogens is 1. The molecular formula is C28H31FN4O6. The molecule has 0 saturated heterocycles. The van der Waals surface area contributed by atoms with E-state index in [1.807, 2.05) is 26.0 Å². The lowest BCUT2D eigenvalue weighted by Crippen LogP contribution is -2.39. The third-order valence-corrected chi connectivity index (χ3v) is 6.50. The number of carbonyl (C=O) groups is 2. The Labute approximate surface area is 225 Å². The van der Waals surface area contributed by atoms with Gasteiger partial charge in [-0.25, -0.2) is 19.0 Å². The van der Waals surface area contributed by atoms with Crippen molar-refractivity contribution < 1.29 is 32.7 Å². The molecule has 4 rings (SSSR count). The summed E-state index contributed by atoms with van der Waals surface area (Å²) >= 11 is 0. The fourth-order valence-electron chi connectivity index (χ4n) is 4.24. The summed E-state index contributed by atoms with van der Waals surface area (Å²) in [4.78, 5) is 30.6. The lowest BCUT2D eigenvalue weighted by molar-refractivity contribution is 0.0266. The van der Waals surface area contributed by atoms with Gasteiger partial charge in [0.2, 0.25) is 0 Å². The maximum atomic E-state index is 14.0. The number of nitrogens with two attached hydrogens (primary N) is 1. The molecule has 10 nitrogen and oxygen atoms in total. The summed E-state index contributed by atoms with van der Waals surface area (Å²) in [5, 5.41) is 4.20. The first-order valence-electron chi connectivity index (χ1n) is 12.4. The van der Waals surface area contributed by atoms with Crippen LogP contribution in [0, 0.1) is 5.82 Å². The third-order valence-electron chi connectivity index (χ3n) is 6.50. The minimum atomic E-state index is -0.774. The fraction of sp³-hybridized carbons (Fsp3) is 0.357. The van der Waals surface area contributed by atoms with Gasteiger partial charge in [0.25, 0.3) is 0 Å². The number of methoxy groups -OCH3 is 1. The van der Waals surface area contributed by atoms with Crippen LogP contribution in [0.15, 0.2) is 47.1 Å². The summed E-state index contributed by atoms with van der Waals surface area (Å²) < 4.78 is 36.1. The van der Waals surface area contributed by atoms with Crippen molar-refractivity contribution in [1.29, 1.82) is 0 Å². The minimum Gasteiger partial charge on any atom is -0.482 e. The van der Waals surface area contributed by atoms with E-state index in [0.717, 1.165) is 0 Å². The highest BCUT2D eigenvalue weighted by molar-refractivity contribution is 5.91. The fourth-order valence-corrected chi connectivity index (χ4v) is 4.24. The summed E-state index contributed by atoms with van der Waals surface area (Å²) in [7, 11) is 2.86. The summed E-state index contributed by atoms with van der Waals surface area (Å²) in [6.45, 7) is 5.54. The number of ether oxygens (including phenoxy) is 3. The molecule has 2 atom stereocenters. The van der Waals surface area contributed by atoms with Gasteiger partial charge >= 0.3 is 12.1 Å². The first-order chi connectivity index (χ1) is 18.5. The zero-order valence-electron chi connectivity index (χ0n) is 22.5. The van der Waals surface area contributed by atoms with Gasteiger partial charge in [0.1, 0.15) is 29.0 Å². The van der Waals surface area contributed by atoms with E-state index < -0.39 is 29.6 Å². The molecule has 0 aliphatic heterocycles. The number of hydrogen-bond donors (Lipinski definition) is 1. The number of nitrogens with zero attached hydrogens (tertiary/aromatic N) is 3. The van der Waals surface area contributed by atoms with E-state index in [-0.39, 0.29) is 23.7 Å². The third kappa shape index (κ3) is 5.87. The van der Waals surface area contributed by atoms with Gasteiger partial charge in [0.05, 0.1) is 24.8 Å². The summed E-state index contributed by atoms with van der Waals surface area (Å²) in [5.41, 5.74) is 7.73. The van der Waals surface area contributed by atoms with Crippen LogP contribution < -0.4 is 10.5 Å². The molecule has 39 heavy (non-hydrogen) atoms. The van der Waals surface area contributed by atoms with E-state index in [9.17, 15) is 14.0 Å². The Bertz CT molecular complexity index is 1420. The molecule has 2 heterocycles.